The van der Waals surface area contributed by atoms with Gasteiger partial charge in [0.1, 0.15) is 0 Å². The van der Waals surface area contributed by atoms with E-state index in [1.165, 1.54) is 0 Å². The summed E-state index contributed by atoms with van der Waals surface area (Å²) in [5.74, 6) is 1.63. The van der Waals surface area contributed by atoms with E-state index in [0.29, 0.717) is 24.0 Å². The lowest BCUT2D eigenvalue weighted by atomic mass is 10.2. The van der Waals surface area contributed by atoms with E-state index in [1.807, 2.05) is 25.1 Å². The van der Waals surface area contributed by atoms with Crippen LogP contribution in [-0.2, 0) is 6.54 Å². The molecule has 0 fully saturated rings. The predicted octanol–water partition coefficient (Wildman–Crippen LogP) is 2.33. The molecule has 0 saturated carbocycles. The van der Waals surface area contributed by atoms with E-state index >= 15 is 0 Å². The Morgan fingerprint density at radius 1 is 1.18 bits per heavy atom. The highest BCUT2D eigenvalue weighted by Crippen LogP contribution is 2.29. The summed E-state index contributed by atoms with van der Waals surface area (Å²) in [7, 11) is 3.18. The van der Waals surface area contributed by atoms with Crippen LogP contribution >= 0.6 is 0 Å². The van der Waals surface area contributed by atoms with Crippen LogP contribution < -0.4 is 20.5 Å². The number of ether oxygens (including phenoxy) is 2. The fourth-order valence-electron chi connectivity index (χ4n) is 1.98. The minimum Gasteiger partial charge on any atom is -0.493 e. The Morgan fingerprint density at radius 2 is 1.95 bits per heavy atom. The molecule has 6 nitrogen and oxygen atoms in total. The Labute approximate surface area is 130 Å². The van der Waals surface area contributed by atoms with Crippen molar-refractivity contribution < 1.29 is 9.47 Å². The van der Waals surface area contributed by atoms with Gasteiger partial charge in [-0.1, -0.05) is 0 Å². The Hall–Kier alpha value is -2.76. The molecule has 0 aliphatic heterocycles. The number of pyridine rings is 1. The lowest BCUT2D eigenvalue weighted by Crippen LogP contribution is -2.22. The maximum atomic E-state index is 5.90. The first-order valence-electron chi connectivity index (χ1n) is 6.83. The van der Waals surface area contributed by atoms with Crippen LogP contribution in [0.15, 0.2) is 41.5 Å². The van der Waals surface area contributed by atoms with Crippen molar-refractivity contribution in [2.75, 3.05) is 19.5 Å². The highest BCUT2D eigenvalue weighted by Gasteiger charge is 2.05. The normalized spacial score (nSPS) is 11.1. The third-order valence-electron chi connectivity index (χ3n) is 3.05. The van der Waals surface area contributed by atoms with Crippen LogP contribution in [0.4, 0.5) is 5.69 Å². The van der Waals surface area contributed by atoms with Crippen molar-refractivity contribution in [1.82, 2.24) is 4.98 Å². The number of hydrogen-bond acceptors (Lipinski definition) is 4. The highest BCUT2D eigenvalue weighted by atomic mass is 16.5. The molecule has 1 heterocycles. The average molecular weight is 300 g/mol. The molecular formula is C16H20N4O2. The van der Waals surface area contributed by atoms with Gasteiger partial charge in [-0.25, -0.2) is 4.99 Å². The summed E-state index contributed by atoms with van der Waals surface area (Å²) in [5, 5.41) is 3.03. The molecule has 0 atom stereocenters. The number of aryl methyl sites for hydroxylation is 1. The largest absolute Gasteiger partial charge is 0.493 e. The monoisotopic (exact) mass is 300 g/mol. The molecule has 1 aromatic carbocycles. The van der Waals surface area contributed by atoms with Gasteiger partial charge in [-0.3, -0.25) is 4.98 Å². The Kier molecular flexibility index (Phi) is 5.19. The fourth-order valence-corrected chi connectivity index (χ4v) is 1.98. The van der Waals surface area contributed by atoms with Crippen molar-refractivity contribution in [3.63, 3.8) is 0 Å². The van der Waals surface area contributed by atoms with Gasteiger partial charge in [0, 0.05) is 23.6 Å². The van der Waals surface area contributed by atoms with E-state index in [9.17, 15) is 0 Å². The molecule has 2 rings (SSSR count). The molecule has 0 aliphatic rings. The second-order valence-corrected chi connectivity index (χ2v) is 4.70. The Bertz CT molecular complexity index is 671. The topological polar surface area (TPSA) is 81.8 Å². The molecule has 6 heteroatoms. The number of anilines is 1. The van der Waals surface area contributed by atoms with Crippen molar-refractivity contribution in [2.45, 2.75) is 13.5 Å². The number of aliphatic imine (C=N–C) groups is 1. The minimum atomic E-state index is 0.335. The first kappa shape index (κ1) is 15.6. The molecule has 0 saturated heterocycles. The summed E-state index contributed by atoms with van der Waals surface area (Å²) >= 11 is 0. The first-order chi connectivity index (χ1) is 10.6. The summed E-state index contributed by atoms with van der Waals surface area (Å²) < 4.78 is 10.4. The predicted molar refractivity (Wildman–Crippen MR) is 87.5 cm³/mol. The van der Waals surface area contributed by atoms with Crippen molar-refractivity contribution in [3.05, 3.63) is 47.8 Å². The molecule has 0 amide bonds. The number of hydrogen-bond donors (Lipinski definition) is 2. The zero-order valence-corrected chi connectivity index (χ0v) is 13.0. The van der Waals surface area contributed by atoms with E-state index in [4.69, 9.17) is 15.2 Å². The average Bonchev–Trinajstić information content (AvgIpc) is 2.53. The van der Waals surface area contributed by atoms with Crippen LogP contribution in [-0.4, -0.2) is 25.2 Å². The van der Waals surface area contributed by atoms with Crippen molar-refractivity contribution >= 4 is 11.6 Å². The van der Waals surface area contributed by atoms with Gasteiger partial charge in [0.25, 0.3) is 0 Å². The summed E-state index contributed by atoms with van der Waals surface area (Å²) in [4.78, 5) is 8.46. The number of nitrogens with two attached hydrogens (primary N) is 1. The van der Waals surface area contributed by atoms with E-state index in [1.54, 1.807) is 32.5 Å². The summed E-state index contributed by atoms with van der Waals surface area (Å²) in [6.45, 7) is 2.44. The van der Waals surface area contributed by atoms with Crippen LogP contribution in [0, 0.1) is 6.92 Å². The molecule has 0 bridgehead atoms. The van der Waals surface area contributed by atoms with Crippen LogP contribution in [0.2, 0.25) is 0 Å². The summed E-state index contributed by atoms with van der Waals surface area (Å²) in [6.07, 6.45) is 1.76. The number of benzene rings is 1. The Morgan fingerprint density at radius 3 is 2.64 bits per heavy atom. The molecule has 3 N–H and O–H groups in total. The van der Waals surface area contributed by atoms with Gasteiger partial charge in [-0.15, -0.1) is 0 Å². The van der Waals surface area contributed by atoms with Crippen LogP contribution in [0.1, 0.15) is 11.3 Å². The van der Waals surface area contributed by atoms with Crippen LogP contribution in [0.5, 0.6) is 11.5 Å². The van der Waals surface area contributed by atoms with Gasteiger partial charge in [-0.05, 0) is 36.8 Å². The first-order valence-corrected chi connectivity index (χ1v) is 6.83. The standard InChI is InChI=1S/C16H20N4O2/c1-11-8-12(6-7-18-11)10-19-16(17)20-13-4-5-14(21-2)15(9-13)22-3/h4-9H,10H2,1-3H3,(H3,17,19,20). The zero-order chi connectivity index (χ0) is 15.9. The maximum absolute atomic E-state index is 5.90. The van der Waals surface area contributed by atoms with Crippen LogP contribution in [0.25, 0.3) is 0 Å². The number of aromatic nitrogens is 1. The summed E-state index contributed by atoms with van der Waals surface area (Å²) in [6, 6.07) is 9.35. The van der Waals surface area contributed by atoms with E-state index in [2.05, 4.69) is 15.3 Å². The second kappa shape index (κ2) is 7.31. The van der Waals surface area contributed by atoms with Gasteiger partial charge in [0.2, 0.25) is 0 Å². The zero-order valence-electron chi connectivity index (χ0n) is 13.0. The molecule has 2 aromatic rings. The van der Waals surface area contributed by atoms with Gasteiger partial charge < -0.3 is 20.5 Å². The smallest absolute Gasteiger partial charge is 0.193 e. The maximum Gasteiger partial charge on any atom is 0.193 e. The summed E-state index contributed by atoms with van der Waals surface area (Å²) in [5.41, 5.74) is 8.70. The van der Waals surface area contributed by atoms with Crippen molar-refractivity contribution in [2.24, 2.45) is 10.7 Å². The molecule has 0 radical (unpaired) electrons. The number of rotatable bonds is 5. The molecule has 0 unspecified atom stereocenters. The van der Waals surface area contributed by atoms with Gasteiger partial charge >= 0.3 is 0 Å². The molecule has 1 aromatic heterocycles. The van der Waals surface area contributed by atoms with Gasteiger partial charge in [0.15, 0.2) is 17.5 Å². The Balaban J connectivity index is 2.05. The number of methoxy groups -OCH3 is 2. The highest BCUT2D eigenvalue weighted by molar-refractivity contribution is 5.92. The molecule has 22 heavy (non-hydrogen) atoms. The third kappa shape index (κ3) is 4.12. The number of nitrogens with zero attached hydrogens (tertiary/aromatic N) is 2. The number of nitrogens with one attached hydrogen (secondary N) is 1. The fraction of sp³-hybridized carbons (Fsp3) is 0.250. The molecule has 116 valence electrons. The molecule has 0 spiro atoms. The SMILES string of the molecule is COc1ccc(NC(N)=NCc2ccnc(C)c2)cc1OC. The quantitative estimate of drug-likeness (QED) is 0.654. The van der Waals surface area contributed by atoms with E-state index in [0.717, 1.165) is 16.9 Å². The molecular weight excluding hydrogens is 280 g/mol. The minimum absolute atomic E-state index is 0.335. The third-order valence-corrected chi connectivity index (χ3v) is 3.05. The molecule has 0 aliphatic carbocycles. The number of guanidine groups is 1. The second-order valence-electron chi connectivity index (χ2n) is 4.70. The van der Waals surface area contributed by atoms with Crippen molar-refractivity contribution in [1.29, 1.82) is 0 Å². The van der Waals surface area contributed by atoms with E-state index < -0.39 is 0 Å². The van der Waals surface area contributed by atoms with Gasteiger partial charge in [0.05, 0.1) is 20.8 Å². The lowest BCUT2D eigenvalue weighted by molar-refractivity contribution is 0.355. The van der Waals surface area contributed by atoms with Crippen molar-refractivity contribution in [3.8, 4) is 11.5 Å². The van der Waals surface area contributed by atoms with Gasteiger partial charge in [-0.2, -0.15) is 0 Å². The van der Waals surface area contributed by atoms with Crippen LogP contribution in [0.3, 0.4) is 0 Å². The van der Waals surface area contributed by atoms with E-state index in [-0.39, 0.29) is 0 Å². The lowest BCUT2D eigenvalue weighted by Gasteiger charge is -2.11.